The van der Waals surface area contributed by atoms with Gasteiger partial charge in [-0.1, -0.05) is 23.9 Å². The third-order valence-corrected chi connectivity index (χ3v) is 7.22. The molecule has 0 N–H and O–H groups in total. The van der Waals surface area contributed by atoms with E-state index in [9.17, 15) is 22.4 Å². The number of carbonyl (C=O) groups is 2. The first-order valence-corrected chi connectivity index (χ1v) is 11.3. The van der Waals surface area contributed by atoms with Crippen molar-refractivity contribution in [1.82, 2.24) is 9.29 Å². The van der Waals surface area contributed by atoms with Crippen molar-refractivity contribution in [3.05, 3.63) is 54.0 Å². The first-order chi connectivity index (χ1) is 13.8. The van der Waals surface area contributed by atoms with Crippen LogP contribution in [-0.4, -0.2) is 60.5 Å². The van der Waals surface area contributed by atoms with Gasteiger partial charge in [0.05, 0.1) is 16.8 Å². The van der Waals surface area contributed by atoms with E-state index in [2.05, 4.69) is 4.98 Å². The number of carbonyl (C=O) groups excluding carboxylic acids is 2. The molecule has 1 fully saturated rings. The quantitative estimate of drug-likeness (QED) is 0.640. The SMILES string of the molecule is CC(=O)SCC(=O)c1ccc(S(=O)(=O)N2CCN(c3ccc(F)cn3)CC2)cc1. The maximum atomic E-state index is 13.0. The molecule has 10 heteroatoms. The summed E-state index contributed by atoms with van der Waals surface area (Å²) in [6.07, 6.45) is 1.14. The monoisotopic (exact) mass is 437 g/mol. The van der Waals surface area contributed by atoms with Gasteiger partial charge in [-0.2, -0.15) is 4.31 Å². The minimum Gasteiger partial charge on any atom is -0.354 e. The normalized spacial score (nSPS) is 15.3. The van der Waals surface area contributed by atoms with Gasteiger partial charge in [-0.3, -0.25) is 9.59 Å². The van der Waals surface area contributed by atoms with Crippen molar-refractivity contribution in [1.29, 1.82) is 0 Å². The molecule has 1 aliphatic heterocycles. The van der Waals surface area contributed by atoms with Gasteiger partial charge in [0.15, 0.2) is 10.9 Å². The summed E-state index contributed by atoms with van der Waals surface area (Å²) >= 11 is 0.920. The predicted octanol–water partition coefficient (Wildman–Crippen LogP) is 2.19. The van der Waals surface area contributed by atoms with E-state index in [0.29, 0.717) is 24.5 Å². The van der Waals surface area contributed by atoms with Gasteiger partial charge < -0.3 is 4.90 Å². The molecule has 0 saturated carbocycles. The summed E-state index contributed by atoms with van der Waals surface area (Å²) in [5.41, 5.74) is 0.366. The number of benzene rings is 1. The lowest BCUT2D eigenvalue weighted by atomic mass is 10.1. The largest absolute Gasteiger partial charge is 0.354 e. The lowest BCUT2D eigenvalue weighted by molar-refractivity contribution is -0.109. The van der Waals surface area contributed by atoms with Crippen LogP contribution in [0.5, 0.6) is 0 Å². The van der Waals surface area contributed by atoms with Crippen LogP contribution < -0.4 is 4.90 Å². The Labute approximate surface area is 173 Å². The number of sulfonamides is 1. The zero-order chi connectivity index (χ0) is 21.0. The fourth-order valence-corrected chi connectivity index (χ4v) is 4.85. The van der Waals surface area contributed by atoms with Gasteiger partial charge in [0.2, 0.25) is 10.0 Å². The summed E-state index contributed by atoms with van der Waals surface area (Å²) < 4.78 is 40.2. The summed E-state index contributed by atoms with van der Waals surface area (Å²) in [6, 6.07) is 8.65. The van der Waals surface area contributed by atoms with E-state index in [1.54, 1.807) is 6.07 Å². The number of pyridine rings is 1. The van der Waals surface area contributed by atoms with E-state index in [0.717, 1.165) is 18.0 Å². The van der Waals surface area contributed by atoms with Crippen molar-refractivity contribution in [2.45, 2.75) is 11.8 Å². The first kappa shape index (κ1) is 21.4. The van der Waals surface area contributed by atoms with Crippen molar-refractivity contribution >= 4 is 38.5 Å². The maximum absolute atomic E-state index is 13.0. The number of nitrogens with zero attached hydrogens (tertiary/aromatic N) is 3. The van der Waals surface area contributed by atoms with Crippen LogP contribution in [0.4, 0.5) is 10.2 Å². The predicted molar refractivity (Wildman–Crippen MR) is 109 cm³/mol. The molecular weight excluding hydrogens is 417 g/mol. The van der Waals surface area contributed by atoms with E-state index in [4.69, 9.17) is 0 Å². The Morgan fingerprint density at radius 2 is 1.72 bits per heavy atom. The van der Waals surface area contributed by atoms with Crippen LogP contribution in [0.15, 0.2) is 47.5 Å². The molecule has 0 atom stereocenters. The molecule has 0 radical (unpaired) electrons. The third-order valence-electron chi connectivity index (χ3n) is 4.50. The molecule has 1 aromatic carbocycles. The summed E-state index contributed by atoms with van der Waals surface area (Å²) in [7, 11) is -3.69. The average Bonchev–Trinajstić information content (AvgIpc) is 2.72. The highest BCUT2D eigenvalue weighted by atomic mass is 32.2. The minimum atomic E-state index is -3.69. The standard InChI is InChI=1S/C19H20FN3O4S2/c1-14(24)28-13-18(25)15-2-5-17(6-3-15)29(26,27)23-10-8-22(9-11-23)19-7-4-16(20)12-21-19/h2-7,12H,8-11,13H2,1H3. The molecule has 2 aromatic rings. The molecule has 1 aliphatic rings. The Kier molecular flexibility index (Phi) is 6.66. The van der Waals surface area contributed by atoms with Crippen molar-refractivity contribution < 1.29 is 22.4 Å². The number of halogens is 1. The Morgan fingerprint density at radius 1 is 1.07 bits per heavy atom. The van der Waals surface area contributed by atoms with E-state index in [-0.39, 0.29) is 34.6 Å². The van der Waals surface area contributed by atoms with Crippen LogP contribution >= 0.6 is 11.8 Å². The van der Waals surface area contributed by atoms with Crippen LogP contribution in [-0.2, 0) is 14.8 Å². The Balaban J connectivity index is 1.64. The second kappa shape index (κ2) is 9.02. The number of rotatable bonds is 6. The van der Waals surface area contributed by atoms with Gasteiger partial charge in [0, 0.05) is 38.7 Å². The highest BCUT2D eigenvalue weighted by molar-refractivity contribution is 8.14. The molecule has 7 nitrogen and oxygen atoms in total. The average molecular weight is 438 g/mol. The third kappa shape index (κ3) is 5.20. The second-order valence-electron chi connectivity index (χ2n) is 6.45. The van der Waals surface area contributed by atoms with E-state index in [1.165, 1.54) is 41.6 Å². The number of hydrogen-bond donors (Lipinski definition) is 0. The molecule has 3 rings (SSSR count). The summed E-state index contributed by atoms with van der Waals surface area (Å²) in [5.74, 6) is -0.0121. The van der Waals surface area contributed by atoms with Gasteiger partial charge in [0.1, 0.15) is 11.6 Å². The zero-order valence-electron chi connectivity index (χ0n) is 15.7. The molecule has 2 heterocycles. The molecule has 0 unspecified atom stereocenters. The van der Waals surface area contributed by atoms with Crippen LogP contribution in [0, 0.1) is 5.82 Å². The molecule has 0 spiro atoms. The second-order valence-corrected chi connectivity index (χ2v) is 9.54. The van der Waals surface area contributed by atoms with E-state index < -0.39 is 15.8 Å². The van der Waals surface area contributed by atoms with Crippen LogP contribution in [0.3, 0.4) is 0 Å². The van der Waals surface area contributed by atoms with Crippen LogP contribution in [0.1, 0.15) is 17.3 Å². The van der Waals surface area contributed by atoms with Gasteiger partial charge in [0.25, 0.3) is 0 Å². The van der Waals surface area contributed by atoms with Gasteiger partial charge in [-0.25, -0.2) is 17.8 Å². The van der Waals surface area contributed by atoms with E-state index >= 15 is 0 Å². The highest BCUT2D eigenvalue weighted by Crippen LogP contribution is 2.21. The first-order valence-electron chi connectivity index (χ1n) is 8.90. The Morgan fingerprint density at radius 3 is 2.28 bits per heavy atom. The Bertz CT molecular complexity index is 987. The fourth-order valence-electron chi connectivity index (χ4n) is 2.93. The van der Waals surface area contributed by atoms with Crippen LogP contribution in [0.2, 0.25) is 0 Å². The number of hydrogen-bond acceptors (Lipinski definition) is 7. The number of anilines is 1. The molecule has 0 bridgehead atoms. The smallest absolute Gasteiger partial charge is 0.243 e. The molecule has 1 saturated heterocycles. The van der Waals surface area contributed by atoms with E-state index in [1.807, 2.05) is 4.90 Å². The van der Waals surface area contributed by atoms with Crippen molar-refractivity contribution in [2.75, 3.05) is 36.8 Å². The molecule has 154 valence electrons. The number of aromatic nitrogens is 1. The molecule has 29 heavy (non-hydrogen) atoms. The van der Waals surface area contributed by atoms with Gasteiger partial charge in [-0.15, -0.1) is 0 Å². The molecular formula is C19H20FN3O4S2. The lowest BCUT2D eigenvalue weighted by Gasteiger charge is -2.34. The summed E-state index contributed by atoms with van der Waals surface area (Å²) in [4.78, 5) is 29.0. The number of Topliss-reactive ketones (excluding diaryl/α,β-unsaturated/α-hetero) is 1. The van der Waals surface area contributed by atoms with Crippen molar-refractivity contribution in [2.24, 2.45) is 0 Å². The number of thioether (sulfide) groups is 1. The molecule has 0 amide bonds. The number of ketones is 1. The van der Waals surface area contributed by atoms with Crippen molar-refractivity contribution in [3.8, 4) is 0 Å². The summed E-state index contributed by atoms with van der Waals surface area (Å²) in [6.45, 7) is 2.82. The fraction of sp³-hybridized carbons (Fsp3) is 0.316. The lowest BCUT2D eigenvalue weighted by Crippen LogP contribution is -2.48. The number of piperazine rings is 1. The van der Waals surface area contributed by atoms with Gasteiger partial charge in [-0.05, 0) is 24.3 Å². The molecule has 1 aromatic heterocycles. The summed E-state index contributed by atoms with van der Waals surface area (Å²) in [5, 5.41) is -0.146. The highest BCUT2D eigenvalue weighted by Gasteiger charge is 2.29. The topological polar surface area (TPSA) is 87.6 Å². The van der Waals surface area contributed by atoms with Crippen molar-refractivity contribution in [3.63, 3.8) is 0 Å². The van der Waals surface area contributed by atoms with Gasteiger partial charge >= 0.3 is 0 Å². The molecule has 0 aliphatic carbocycles. The van der Waals surface area contributed by atoms with Crippen LogP contribution in [0.25, 0.3) is 0 Å². The zero-order valence-corrected chi connectivity index (χ0v) is 17.4. The Hall–Kier alpha value is -2.30. The maximum Gasteiger partial charge on any atom is 0.243 e. The minimum absolute atomic E-state index is 0.0286.